The van der Waals surface area contributed by atoms with Gasteiger partial charge in [0.2, 0.25) is 0 Å². The van der Waals surface area contributed by atoms with Crippen LogP contribution in [-0.2, 0) is 6.54 Å². The number of hydrogen-bond acceptors (Lipinski definition) is 2. The summed E-state index contributed by atoms with van der Waals surface area (Å²) in [6.07, 6.45) is 1.26. The highest BCUT2D eigenvalue weighted by molar-refractivity contribution is 6.33. The third kappa shape index (κ3) is 2.43. The molecule has 4 rings (SSSR count). The van der Waals surface area contributed by atoms with Crippen molar-refractivity contribution < 1.29 is 0 Å². The fourth-order valence-electron chi connectivity index (χ4n) is 3.74. The van der Waals surface area contributed by atoms with Crippen LogP contribution in [0.15, 0.2) is 54.6 Å². The number of nitrogens with zero attached hydrogens (tertiary/aromatic N) is 2. The maximum Gasteiger partial charge on any atom is 0.0639 e. The molecule has 2 heterocycles. The van der Waals surface area contributed by atoms with E-state index in [-0.39, 0.29) is 0 Å². The topological polar surface area (TPSA) is 6.48 Å². The molecule has 2 saturated heterocycles. The van der Waals surface area contributed by atoms with Gasteiger partial charge in [-0.1, -0.05) is 54.1 Å². The van der Waals surface area contributed by atoms with E-state index in [0.29, 0.717) is 12.1 Å². The second-order valence-electron chi connectivity index (χ2n) is 6.06. The third-order valence-corrected chi connectivity index (χ3v) is 5.06. The van der Waals surface area contributed by atoms with Crippen LogP contribution in [0.5, 0.6) is 0 Å². The standard InChI is InChI=1S/C18H19ClN2/c19-17-8-4-5-9-18(17)21-13-15-10-16(21)12-20(15)11-14-6-2-1-3-7-14/h1-9,15-16H,10-13H2. The van der Waals surface area contributed by atoms with Crippen LogP contribution in [-0.4, -0.2) is 30.1 Å². The molecule has 0 radical (unpaired) electrons. The average Bonchev–Trinajstić information content (AvgIpc) is 3.09. The molecule has 0 amide bonds. The Morgan fingerprint density at radius 1 is 0.905 bits per heavy atom. The second-order valence-corrected chi connectivity index (χ2v) is 6.47. The first-order valence-corrected chi connectivity index (χ1v) is 7.98. The predicted octanol–water partition coefficient (Wildman–Crippen LogP) is 3.80. The molecule has 21 heavy (non-hydrogen) atoms. The number of fused-ring (bicyclic) bond motifs is 2. The molecule has 2 unspecified atom stereocenters. The van der Waals surface area contributed by atoms with Crippen molar-refractivity contribution in [3.05, 3.63) is 65.2 Å². The van der Waals surface area contributed by atoms with E-state index in [4.69, 9.17) is 11.6 Å². The van der Waals surface area contributed by atoms with Crippen LogP contribution in [0.25, 0.3) is 0 Å². The summed E-state index contributed by atoms with van der Waals surface area (Å²) in [6, 6.07) is 20.3. The molecule has 0 aliphatic carbocycles. The maximum absolute atomic E-state index is 6.35. The number of anilines is 1. The lowest BCUT2D eigenvalue weighted by molar-refractivity contribution is 0.230. The Morgan fingerprint density at radius 2 is 1.67 bits per heavy atom. The van der Waals surface area contributed by atoms with Crippen molar-refractivity contribution in [1.29, 1.82) is 0 Å². The Balaban J connectivity index is 1.47. The fraction of sp³-hybridized carbons (Fsp3) is 0.333. The third-order valence-electron chi connectivity index (χ3n) is 4.74. The fourth-order valence-corrected chi connectivity index (χ4v) is 3.98. The van der Waals surface area contributed by atoms with Crippen molar-refractivity contribution in [2.75, 3.05) is 18.0 Å². The van der Waals surface area contributed by atoms with Crippen LogP contribution in [0.2, 0.25) is 5.02 Å². The van der Waals surface area contributed by atoms with Gasteiger partial charge in [-0.2, -0.15) is 0 Å². The van der Waals surface area contributed by atoms with Gasteiger partial charge in [0, 0.05) is 31.7 Å². The van der Waals surface area contributed by atoms with Crippen LogP contribution >= 0.6 is 11.6 Å². The number of rotatable bonds is 3. The van der Waals surface area contributed by atoms with Gasteiger partial charge < -0.3 is 4.90 Å². The van der Waals surface area contributed by atoms with Crippen molar-refractivity contribution in [3.63, 3.8) is 0 Å². The maximum atomic E-state index is 6.35. The van der Waals surface area contributed by atoms with Crippen LogP contribution in [0.1, 0.15) is 12.0 Å². The van der Waals surface area contributed by atoms with Crippen LogP contribution in [0.4, 0.5) is 5.69 Å². The highest BCUT2D eigenvalue weighted by Crippen LogP contribution is 2.38. The molecule has 2 aromatic carbocycles. The minimum atomic E-state index is 0.610. The number of benzene rings is 2. The zero-order valence-electron chi connectivity index (χ0n) is 12.0. The van der Waals surface area contributed by atoms with E-state index in [9.17, 15) is 0 Å². The molecule has 2 nitrogen and oxygen atoms in total. The van der Waals surface area contributed by atoms with E-state index in [1.165, 1.54) is 17.7 Å². The molecule has 2 aromatic rings. The Labute approximate surface area is 130 Å². The first kappa shape index (κ1) is 13.2. The highest BCUT2D eigenvalue weighted by atomic mass is 35.5. The number of halogens is 1. The molecule has 2 bridgehead atoms. The first-order chi connectivity index (χ1) is 10.3. The van der Waals surface area contributed by atoms with Gasteiger partial charge in [0.25, 0.3) is 0 Å². The molecule has 2 aliphatic heterocycles. The highest BCUT2D eigenvalue weighted by Gasteiger charge is 2.43. The summed E-state index contributed by atoms with van der Waals surface area (Å²) in [5, 5.41) is 0.875. The molecule has 2 fully saturated rings. The molecule has 3 heteroatoms. The van der Waals surface area contributed by atoms with Gasteiger partial charge in [0.15, 0.2) is 0 Å². The summed E-state index contributed by atoms with van der Waals surface area (Å²) in [5.41, 5.74) is 2.61. The largest absolute Gasteiger partial charge is 0.364 e. The molecule has 0 saturated carbocycles. The molecular weight excluding hydrogens is 280 g/mol. The molecule has 2 aliphatic rings. The number of likely N-dealkylation sites (tertiary alicyclic amines) is 1. The van der Waals surface area contributed by atoms with Gasteiger partial charge in [-0.25, -0.2) is 0 Å². The van der Waals surface area contributed by atoms with E-state index >= 15 is 0 Å². The van der Waals surface area contributed by atoms with Crippen LogP contribution < -0.4 is 4.90 Å². The zero-order valence-corrected chi connectivity index (χ0v) is 12.7. The molecular formula is C18H19ClN2. The number of piperazine rings is 1. The minimum Gasteiger partial charge on any atom is -0.364 e. The van der Waals surface area contributed by atoms with E-state index in [2.05, 4.69) is 52.3 Å². The smallest absolute Gasteiger partial charge is 0.0639 e. The monoisotopic (exact) mass is 298 g/mol. The summed E-state index contributed by atoms with van der Waals surface area (Å²) in [6.45, 7) is 3.31. The summed E-state index contributed by atoms with van der Waals surface area (Å²) in [7, 11) is 0. The van der Waals surface area contributed by atoms with Gasteiger partial charge in [-0.3, -0.25) is 4.90 Å². The van der Waals surface area contributed by atoms with Gasteiger partial charge in [-0.15, -0.1) is 0 Å². The van der Waals surface area contributed by atoms with Crippen molar-refractivity contribution in [1.82, 2.24) is 4.90 Å². The first-order valence-electron chi connectivity index (χ1n) is 7.60. The lowest BCUT2D eigenvalue weighted by Gasteiger charge is -2.36. The Morgan fingerprint density at radius 3 is 2.38 bits per heavy atom. The van der Waals surface area contributed by atoms with Gasteiger partial charge in [0.05, 0.1) is 10.7 Å². The van der Waals surface area contributed by atoms with Crippen molar-refractivity contribution >= 4 is 17.3 Å². The lowest BCUT2D eigenvalue weighted by Crippen LogP contribution is -2.46. The van der Waals surface area contributed by atoms with Crippen molar-refractivity contribution in [2.24, 2.45) is 0 Å². The lowest BCUT2D eigenvalue weighted by atomic mass is 10.2. The SMILES string of the molecule is Clc1ccccc1N1CC2CC1CN2Cc1ccccc1. The van der Waals surface area contributed by atoms with Crippen molar-refractivity contribution in [2.45, 2.75) is 25.0 Å². The Bertz CT molecular complexity index is 628. The number of para-hydroxylation sites is 1. The van der Waals surface area contributed by atoms with E-state index in [0.717, 1.165) is 24.7 Å². The quantitative estimate of drug-likeness (QED) is 0.850. The molecule has 0 aromatic heterocycles. The van der Waals surface area contributed by atoms with E-state index < -0.39 is 0 Å². The second kappa shape index (κ2) is 5.36. The van der Waals surface area contributed by atoms with E-state index in [1.54, 1.807) is 0 Å². The van der Waals surface area contributed by atoms with E-state index in [1.807, 2.05) is 12.1 Å². The molecule has 0 spiro atoms. The number of hydrogen-bond donors (Lipinski definition) is 0. The van der Waals surface area contributed by atoms with Crippen LogP contribution in [0.3, 0.4) is 0 Å². The summed E-state index contributed by atoms with van der Waals surface area (Å²) in [5.74, 6) is 0. The summed E-state index contributed by atoms with van der Waals surface area (Å²) < 4.78 is 0. The summed E-state index contributed by atoms with van der Waals surface area (Å²) in [4.78, 5) is 5.11. The summed E-state index contributed by atoms with van der Waals surface area (Å²) >= 11 is 6.35. The van der Waals surface area contributed by atoms with Gasteiger partial charge in [0.1, 0.15) is 0 Å². The Kier molecular flexibility index (Phi) is 3.36. The van der Waals surface area contributed by atoms with Crippen LogP contribution in [0, 0.1) is 0 Å². The normalized spacial score (nSPS) is 24.7. The minimum absolute atomic E-state index is 0.610. The predicted molar refractivity (Wildman–Crippen MR) is 87.8 cm³/mol. The van der Waals surface area contributed by atoms with Gasteiger partial charge >= 0.3 is 0 Å². The van der Waals surface area contributed by atoms with Crippen molar-refractivity contribution in [3.8, 4) is 0 Å². The molecule has 0 N–H and O–H groups in total. The zero-order chi connectivity index (χ0) is 14.2. The van der Waals surface area contributed by atoms with Gasteiger partial charge in [-0.05, 0) is 24.1 Å². The molecule has 2 atom stereocenters. The average molecular weight is 299 g/mol. The Hall–Kier alpha value is -1.51. The molecule has 108 valence electrons.